The van der Waals surface area contributed by atoms with Crippen LogP contribution in [0, 0.1) is 6.92 Å². The number of rotatable bonds is 2. The molecular formula is C11H12BrNO3. The highest BCUT2D eigenvalue weighted by molar-refractivity contribution is 9.10. The first kappa shape index (κ1) is 11.4. The molecule has 1 aliphatic heterocycles. The van der Waals surface area contributed by atoms with Gasteiger partial charge in [0.15, 0.2) is 17.3 Å². The average Bonchev–Trinajstić information content (AvgIpc) is 2.33. The number of nitrogens with two attached hydrogens (primary N) is 1. The van der Waals surface area contributed by atoms with E-state index in [9.17, 15) is 4.79 Å². The molecule has 16 heavy (non-hydrogen) atoms. The summed E-state index contributed by atoms with van der Waals surface area (Å²) in [5, 5.41) is 0. The Hall–Kier alpha value is -1.07. The average molecular weight is 286 g/mol. The molecule has 1 aromatic carbocycles. The van der Waals surface area contributed by atoms with Crippen LogP contribution in [-0.2, 0) is 0 Å². The normalized spacial score (nSPS) is 13.7. The van der Waals surface area contributed by atoms with Crippen molar-refractivity contribution >= 4 is 21.7 Å². The lowest BCUT2D eigenvalue weighted by Gasteiger charge is -2.22. The first-order chi connectivity index (χ1) is 7.65. The van der Waals surface area contributed by atoms with Crippen molar-refractivity contribution < 1.29 is 14.3 Å². The number of hydrogen-bond acceptors (Lipinski definition) is 4. The third kappa shape index (κ3) is 1.81. The first-order valence-electron chi connectivity index (χ1n) is 4.97. The maximum atomic E-state index is 11.6. The van der Waals surface area contributed by atoms with E-state index in [1.165, 1.54) is 0 Å². The van der Waals surface area contributed by atoms with Crippen LogP contribution in [0.15, 0.2) is 10.5 Å². The number of carbonyl (C=O) groups excluding carboxylic acids is 1. The van der Waals surface area contributed by atoms with Gasteiger partial charge in [-0.15, -0.1) is 0 Å². The van der Waals surface area contributed by atoms with Crippen molar-refractivity contribution in [2.75, 3.05) is 19.8 Å². The van der Waals surface area contributed by atoms with Crippen molar-refractivity contribution in [3.05, 3.63) is 21.7 Å². The second kappa shape index (κ2) is 4.43. The van der Waals surface area contributed by atoms with Gasteiger partial charge in [-0.25, -0.2) is 0 Å². The van der Waals surface area contributed by atoms with E-state index < -0.39 is 0 Å². The standard InChI is InChI=1S/C11H12BrNO3/c1-6-10(12)7(8(14)5-13)4-9-11(6)16-3-2-15-9/h4H,2-3,5,13H2,1H3. The molecule has 0 saturated heterocycles. The molecule has 0 saturated carbocycles. The SMILES string of the molecule is Cc1c(Br)c(C(=O)CN)cc2c1OCCO2. The minimum absolute atomic E-state index is 0.0162. The lowest BCUT2D eigenvalue weighted by molar-refractivity contribution is 0.0999. The Bertz CT molecular complexity index is 445. The van der Waals surface area contributed by atoms with Gasteiger partial charge in [0.25, 0.3) is 0 Å². The Labute approximate surface area is 102 Å². The second-order valence-electron chi connectivity index (χ2n) is 3.51. The third-order valence-electron chi connectivity index (χ3n) is 2.48. The molecule has 0 aromatic heterocycles. The van der Waals surface area contributed by atoms with Crippen LogP contribution in [0.5, 0.6) is 11.5 Å². The fourth-order valence-electron chi connectivity index (χ4n) is 1.64. The zero-order valence-corrected chi connectivity index (χ0v) is 10.5. The van der Waals surface area contributed by atoms with E-state index in [1.807, 2.05) is 6.92 Å². The number of ether oxygens (including phenoxy) is 2. The highest BCUT2D eigenvalue weighted by Crippen LogP contribution is 2.40. The number of halogens is 1. The van der Waals surface area contributed by atoms with Crippen molar-refractivity contribution in [3.63, 3.8) is 0 Å². The predicted molar refractivity (Wildman–Crippen MR) is 63.3 cm³/mol. The molecule has 1 aromatic rings. The van der Waals surface area contributed by atoms with Crippen LogP contribution in [0.1, 0.15) is 15.9 Å². The molecule has 0 radical (unpaired) electrons. The first-order valence-corrected chi connectivity index (χ1v) is 5.76. The number of fused-ring (bicyclic) bond motifs is 1. The highest BCUT2D eigenvalue weighted by atomic mass is 79.9. The van der Waals surface area contributed by atoms with Gasteiger partial charge in [-0.2, -0.15) is 0 Å². The Morgan fingerprint density at radius 1 is 1.50 bits per heavy atom. The molecule has 0 aliphatic carbocycles. The lowest BCUT2D eigenvalue weighted by Crippen LogP contribution is -2.19. The quantitative estimate of drug-likeness (QED) is 0.840. The van der Waals surface area contributed by atoms with Crippen molar-refractivity contribution in [2.24, 2.45) is 5.73 Å². The molecule has 2 rings (SSSR count). The smallest absolute Gasteiger partial charge is 0.177 e. The van der Waals surface area contributed by atoms with Crippen molar-refractivity contribution in [3.8, 4) is 11.5 Å². The zero-order chi connectivity index (χ0) is 11.7. The molecule has 0 fully saturated rings. The van der Waals surface area contributed by atoms with Crippen molar-refractivity contribution in [2.45, 2.75) is 6.92 Å². The summed E-state index contributed by atoms with van der Waals surface area (Å²) in [4.78, 5) is 11.6. The Morgan fingerprint density at radius 2 is 2.19 bits per heavy atom. The van der Waals surface area contributed by atoms with Crippen LogP contribution in [-0.4, -0.2) is 25.5 Å². The summed E-state index contributed by atoms with van der Waals surface area (Å²) in [5.41, 5.74) is 6.77. The molecule has 1 aliphatic rings. The maximum Gasteiger partial charge on any atom is 0.177 e. The number of ketones is 1. The minimum Gasteiger partial charge on any atom is -0.486 e. The minimum atomic E-state index is -0.119. The monoisotopic (exact) mass is 285 g/mol. The second-order valence-corrected chi connectivity index (χ2v) is 4.31. The van der Waals surface area contributed by atoms with Gasteiger partial charge in [0.2, 0.25) is 0 Å². The van der Waals surface area contributed by atoms with Gasteiger partial charge in [0.1, 0.15) is 13.2 Å². The summed E-state index contributed by atoms with van der Waals surface area (Å²) in [6.07, 6.45) is 0. The largest absolute Gasteiger partial charge is 0.486 e. The van der Waals surface area contributed by atoms with Crippen LogP contribution in [0.2, 0.25) is 0 Å². The topological polar surface area (TPSA) is 61.6 Å². The molecule has 4 nitrogen and oxygen atoms in total. The van der Waals surface area contributed by atoms with E-state index in [-0.39, 0.29) is 12.3 Å². The Kier molecular flexibility index (Phi) is 3.16. The molecule has 0 amide bonds. The molecule has 0 unspecified atom stereocenters. The van der Waals surface area contributed by atoms with Crippen LogP contribution in [0.4, 0.5) is 0 Å². The van der Waals surface area contributed by atoms with Gasteiger partial charge < -0.3 is 15.2 Å². The molecule has 2 N–H and O–H groups in total. The summed E-state index contributed by atoms with van der Waals surface area (Å²) in [5.74, 6) is 1.20. The van der Waals surface area contributed by atoms with Gasteiger partial charge in [-0.3, -0.25) is 4.79 Å². The molecule has 1 heterocycles. The summed E-state index contributed by atoms with van der Waals surface area (Å²) < 4.78 is 11.7. The van der Waals surface area contributed by atoms with Gasteiger partial charge in [-0.05, 0) is 28.9 Å². The van der Waals surface area contributed by atoms with Crippen LogP contribution in [0.25, 0.3) is 0 Å². The summed E-state index contributed by atoms with van der Waals surface area (Å²) >= 11 is 3.39. The Balaban J connectivity index is 2.57. The van der Waals surface area contributed by atoms with Crippen LogP contribution in [0.3, 0.4) is 0 Å². The third-order valence-corrected chi connectivity index (χ3v) is 3.50. The van der Waals surface area contributed by atoms with Crippen LogP contribution >= 0.6 is 15.9 Å². The Morgan fingerprint density at radius 3 is 2.88 bits per heavy atom. The number of Topliss-reactive ketones (excluding diaryl/α,β-unsaturated/α-hetero) is 1. The molecular weight excluding hydrogens is 274 g/mol. The van der Waals surface area contributed by atoms with Gasteiger partial charge in [0.05, 0.1) is 6.54 Å². The molecule has 0 spiro atoms. The number of carbonyl (C=O) groups is 1. The molecule has 86 valence electrons. The van der Waals surface area contributed by atoms with Gasteiger partial charge in [0, 0.05) is 15.6 Å². The molecule has 5 heteroatoms. The van der Waals surface area contributed by atoms with Gasteiger partial charge in [-0.1, -0.05) is 0 Å². The fraction of sp³-hybridized carbons (Fsp3) is 0.364. The zero-order valence-electron chi connectivity index (χ0n) is 8.88. The maximum absolute atomic E-state index is 11.6. The predicted octanol–water partition coefficient (Wildman–Crippen LogP) is 1.67. The summed E-state index contributed by atoms with van der Waals surface area (Å²) in [7, 11) is 0. The van der Waals surface area contributed by atoms with Crippen LogP contribution < -0.4 is 15.2 Å². The lowest BCUT2D eigenvalue weighted by atomic mass is 10.1. The highest BCUT2D eigenvalue weighted by Gasteiger charge is 2.21. The summed E-state index contributed by atoms with van der Waals surface area (Å²) in [6.45, 7) is 2.90. The summed E-state index contributed by atoms with van der Waals surface area (Å²) in [6, 6.07) is 1.68. The van der Waals surface area contributed by atoms with E-state index in [0.29, 0.717) is 30.3 Å². The van der Waals surface area contributed by atoms with Crippen molar-refractivity contribution in [1.82, 2.24) is 0 Å². The molecule has 0 atom stereocenters. The van der Waals surface area contributed by atoms with Crippen molar-refractivity contribution in [1.29, 1.82) is 0 Å². The molecule has 0 bridgehead atoms. The van der Waals surface area contributed by atoms with E-state index in [0.717, 1.165) is 10.0 Å². The number of benzene rings is 1. The fourth-order valence-corrected chi connectivity index (χ4v) is 2.16. The van der Waals surface area contributed by atoms with E-state index >= 15 is 0 Å². The van der Waals surface area contributed by atoms with Gasteiger partial charge >= 0.3 is 0 Å². The van der Waals surface area contributed by atoms with E-state index in [1.54, 1.807) is 6.07 Å². The van der Waals surface area contributed by atoms with E-state index in [4.69, 9.17) is 15.2 Å². The van der Waals surface area contributed by atoms with E-state index in [2.05, 4.69) is 15.9 Å². The number of hydrogen-bond donors (Lipinski definition) is 1.